The topological polar surface area (TPSA) is 113 Å². The molecule has 1 fully saturated rings. The highest BCUT2D eigenvalue weighted by molar-refractivity contribution is 7.89. The molecule has 1 aromatic rings. The predicted octanol–water partition coefficient (Wildman–Crippen LogP) is 2.10. The maximum atomic E-state index is 12.5. The zero-order valence-corrected chi connectivity index (χ0v) is 19.3. The Kier molecular flexibility index (Phi) is 9.18. The Morgan fingerprint density at radius 3 is 2.16 bits per heavy atom. The molecule has 1 aliphatic heterocycles. The van der Waals surface area contributed by atoms with Gasteiger partial charge in [-0.25, -0.2) is 13.1 Å². The van der Waals surface area contributed by atoms with Crippen LogP contribution in [0.15, 0.2) is 29.2 Å². The molecule has 0 bridgehead atoms. The van der Waals surface area contributed by atoms with Gasteiger partial charge in [0, 0.05) is 43.6 Å². The molecule has 1 heterocycles. The molecule has 2 amide bonds. The molecule has 1 aliphatic rings. The van der Waals surface area contributed by atoms with Crippen molar-refractivity contribution in [1.82, 2.24) is 14.9 Å². The highest BCUT2D eigenvalue weighted by Crippen LogP contribution is 2.17. The summed E-state index contributed by atoms with van der Waals surface area (Å²) in [4.78, 5) is 37.9. The third-order valence-corrected chi connectivity index (χ3v) is 7.20. The number of hydrogen-bond donors (Lipinski definition) is 2. The van der Waals surface area contributed by atoms with Gasteiger partial charge in [0.05, 0.1) is 4.90 Å². The first-order valence-corrected chi connectivity index (χ1v) is 12.3. The standard InChI is InChI=1S/C22H33N3O5S/c1-4-17(5-2)22(28)25-14-11-19(12-15-25)24-21(27)10-13-23-31(29,30)20-8-6-18(7-9-20)16(3)26/h6-9,17,19,23H,4-5,10-15H2,1-3H3,(H,24,27). The van der Waals surface area contributed by atoms with E-state index in [1.54, 1.807) is 0 Å². The molecule has 172 valence electrons. The fourth-order valence-corrected chi connectivity index (χ4v) is 4.72. The maximum Gasteiger partial charge on any atom is 0.240 e. The van der Waals surface area contributed by atoms with Crippen LogP contribution < -0.4 is 10.0 Å². The molecule has 0 aliphatic carbocycles. The predicted molar refractivity (Wildman–Crippen MR) is 118 cm³/mol. The Morgan fingerprint density at radius 2 is 1.65 bits per heavy atom. The zero-order valence-electron chi connectivity index (χ0n) is 18.5. The summed E-state index contributed by atoms with van der Waals surface area (Å²) < 4.78 is 27.1. The molecule has 1 saturated heterocycles. The summed E-state index contributed by atoms with van der Waals surface area (Å²) in [5.41, 5.74) is 0.436. The van der Waals surface area contributed by atoms with Gasteiger partial charge < -0.3 is 10.2 Å². The second-order valence-corrected chi connectivity index (χ2v) is 9.68. The van der Waals surface area contributed by atoms with Gasteiger partial charge in [0.25, 0.3) is 0 Å². The van der Waals surface area contributed by atoms with Crippen molar-refractivity contribution in [3.8, 4) is 0 Å². The first kappa shape index (κ1) is 25.0. The molecule has 0 atom stereocenters. The maximum absolute atomic E-state index is 12.5. The van der Waals surface area contributed by atoms with Crippen LogP contribution in [0.4, 0.5) is 0 Å². The molecule has 0 unspecified atom stereocenters. The number of ketones is 1. The molecule has 0 saturated carbocycles. The zero-order chi connectivity index (χ0) is 23.0. The Bertz CT molecular complexity index is 871. The van der Waals surface area contributed by atoms with E-state index in [-0.39, 0.29) is 47.4 Å². The van der Waals surface area contributed by atoms with Gasteiger partial charge in [-0.1, -0.05) is 26.0 Å². The van der Waals surface area contributed by atoms with E-state index < -0.39 is 10.0 Å². The summed E-state index contributed by atoms with van der Waals surface area (Å²) in [6, 6.07) is 5.66. The van der Waals surface area contributed by atoms with Gasteiger partial charge in [-0.2, -0.15) is 0 Å². The highest BCUT2D eigenvalue weighted by Gasteiger charge is 2.27. The molecule has 31 heavy (non-hydrogen) atoms. The average molecular weight is 452 g/mol. The molecule has 1 aromatic carbocycles. The number of sulfonamides is 1. The van der Waals surface area contributed by atoms with Crippen molar-refractivity contribution in [3.63, 3.8) is 0 Å². The first-order valence-electron chi connectivity index (χ1n) is 10.9. The number of benzene rings is 1. The Labute approximate surface area is 184 Å². The molecule has 0 radical (unpaired) electrons. The number of nitrogens with zero attached hydrogens (tertiary/aromatic N) is 1. The van der Waals surface area contributed by atoms with E-state index in [1.165, 1.54) is 31.2 Å². The minimum absolute atomic E-state index is 0.00557. The van der Waals surface area contributed by atoms with Crippen LogP contribution in [-0.2, 0) is 19.6 Å². The molecule has 9 heteroatoms. The van der Waals surface area contributed by atoms with Crippen molar-refractivity contribution in [3.05, 3.63) is 29.8 Å². The van der Waals surface area contributed by atoms with Crippen molar-refractivity contribution in [2.45, 2.75) is 63.8 Å². The lowest BCUT2D eigenvalue weighted by Gasteiger charge is -2.34. The summed E-state index contributed by atoms with van der Waals surface area (Å²) >= 11 is 0. The smallest absolute Gasteiger partial charge is 0.240 e. The number of rotatable bonds is 10. The molecule has 8 nitrogen and oxygen atoms in total. The van der Waals surface area contributed by atoms with Gasteiger partial charge in [0.2, 0.25) is 21.8 Å². The van der Waals surface area contributed by atoms with Crippen LogP contribution in [0, 0.1) is 5.92 Å². The summed E-state index contributed by atoms with van der Waals surface area (Å²) in [7, 11) is -3.75. The Morgan fingerprint density at radius 1 is 1.06 bits per heavy atom. The fourth-order valence-electron chi connectivity index (χ4n) is 3.69. The minimum atomic E-state index is -3.75. The molecule has 2 rings (SSSR count). The monoisotopic (exact) mass is 451 g/mol. The fraction of sp³-hybridized carbons (Fsp3) is 0.591. The van der Waals surface area contributed by atoms with Crippen molar-refractivity contribution in [2.24, 2.45) is 5.92 Å². The third-order valence-electron chi connectivity index (χ3n) is 5.72. The van der Waals surface area contributed by atoms with Gasteiger partial charge in [-0.15, -0.1) is 0 Å². The van der Waals surface area contributed by atoms with E-state index in [0.717, 1.165) is 12.8 Å². The lowest BCUT2D eigenvalue weighted by Crippen LogP contribution is -2.48. The molecular weight excluding hydrogens is 418 g/mol. The van der Waals surface area contributed by atoms with Crippen LogP contribution in [0.5, 0.6) is 0 Å². The van der Waals surface area contributed by atoms with Crippen LogP contribution in [0.2, 0.25) is 0 Å². The van der Waals surface area contributed by atoms with Crippen LogP contribution in [0.3, 0.4) is 0 Å². The number of nitrogens with one attached hydrogen (secondary N) is 2. The van der Waals surface area contributed by atoms with Crippen LogP contribution in [0.25, 0.3) is 0 Å². The number of piperidine rings is 1. The summed E-state index contributed by atoms with van der Waals surface area (Å²) in [6.45, 7) is 6.69. The lowest BCUT2D eigenvalue weighted by molar-refractivity contribution is -0.137. The SMILES string of the molecule is CCC(CC)C(=O)N1CCC(NC(=O)CCNS(=O)(=O)c2ccc(C(C)=O)cc2)CC1. The van der Waals surface area contributed by atoms with E-state index in [2.05, 4.69) is 10.0 Å². The number of hydrogen-bond acceptors (Lipinski definition) is 5. The lowest BCUT2D eigenvalue weighted by atomic mass is 9.98. The van der Waals surface area contributed by atoms with Gasteiger partial charge in [0.1, 0.15) is 0 Å². The van der Waals surface area contributed by atoms with E-state index in [1.807, 2.05) is 18.7 Å². The van der Waals surface area contributed by atoms with Crippen LogP contribution in [-0.4, -0.2) is 56.6 Å². The van der Waals surface area contributed by atoms with Crippen molar-refractivity contribution in [2.75, 3.05) is 19.6 Å². The van der Waals surface area contributed by atoms with E-state index in [9.17, 15) is 22.8 Å². The quantitative estimate of drug-likeness (QED) is 0.529. The molecule has 2 N–H and O–H groups in total. The molecule has 0 aromatic heterocycles. The third kappa shape index (κ3) is 7.14. The Balaban J connectivity index is 1.75. The van der Waals surface area contributed by atoms with Gasteiger partial charge in [-0.3, -0.25) is 14.4 Å². The van der Waals surface area contributed by atoms with Crippen LogP contribution in [0.1, 0.15) is 63.2 Å². The first-order chi connectivity index (χ1) is 14.7. The van der Waals surface area contributed by atoms with Gasteiger partial charge in [0.15, 0.2) is 5.78 Å². The van der Waals surface area contributed by atoms with E-state index in [4.69, 9.17) is 0 Å². The van der Waals surface area contributed by atoms with Crippen molar-refractivity contribution in [1.29, 1.82) is 0 Å². The summed E-state index contributed by atoms with van der Waals surface area (Å²) in [5.74, 6) is -0.0999. The van der Waals surface area contributed by atoms with Gasteiger partial charge in [-0.05, 0) is 44.7 Å². The number of likely N-dealkylation sites (tertiary alicyclic amines) is 1. The van der Waals surface area contributed by atoms with Crippen molar-refractivity contribution < 1.29 is 22.8 Å². The largest absolute Gasteiger partial charge is 0.353 e. The average Bonchev–Trinajstić information content (AvgIpc) is 2.75. The van der Waals surface area contributed by atoms with Crippen LogP contribution >= 0.6 is 0 Å². The normalized spacial score (nSPS) is 15.2. The van der Waals surface area contributed by atoms with Gasteiger partial charge >= 0.3 is 0 Å². The highest BCUT2D eigenvalue weighted by atomic mass is 32.2. The molecular formula is C22H33N3O5S. The number of carbonyl (C=O) groups excluding carboxylic acids is 3. The minimum Gasteiger partial charge on any atom is -0.353 e. The number of carbonyl (C=O) groups is 3. The summed E-state index contributed by atoms with van der Waals surface area (Å²) in [5, 5.41) is 2.93. The second-order valence-electron chi connectivity index (χ2n) is 7.91. The Hall–Kier alpha value is -2.26. The number of Topliss-reactive ketones (excluding diaryl/α,β-unsaturated/α-hetero) is 1. The molecule has 0 spiro atoms. The summed E-state index contributed by atoms with van der Waals surface area (Å²) in [6.07, 6.45) is 3.10. The second kappa shape index (κ2) is 11.4. The van der Waals surface area contributed by atoms with E-state index >= 15 is 0 Å². The number of amides is 2. The van der Waals surface area contributed by atoms with E-state index in [0.29, 0.717) is 31.5 Å². The van der Waals surface area contributed by atoms with Crippen molar-refractivity contribution >= 4 is 27.6 Å².